The number of anilines is 2. The van der Waals surface area contributed by atoms with Gasteiger partial charge in [0.15, 0.2) is 0 Å². The van der Waals surface area contributed by atoms with E-state index in [1.54, 1.807) is 30.7 Å². The van der Waals surface area contributed by atoms with Crippen molar-refractivity contribution in [2.24, 2.45) is 0 Å². The molecule has 0 unspecified atom stereocenters. The quantitative estimate of drug-likeness (QED) is 0.271. The molecule has 6 heterocycles. The predicted octanol–water partition coefficient (Wildman–Crippen LogP) is 3.31. The fourth-order valence-electron chi connectivity index (χ4n) is 4.88. The van der Waals surface area contributed by atoms with Crippen LogP contribution in [0.1, 0.15) is 41.3 Å². The topological polar surface area (TPSA) is 131 Å². The summed E-state index contributed by atoms with van der Waals surface area (Å²) in [5.41, 5.74) is 3.95. The van der Waals surface area contributed by atoms with Crippen LogP contribution in [0.15, 0.2) is 55.5 Å². The number of amides is 1. The summed E-state index contributed by atoms with van der Waals surface area (Å²) < 4.78 is 9.12. The number of hydrogen-bond acceptors (Lipinski definition) is 8. The number of halogens is 1. The fourth-order valence-corrected chi connectivity index (χ4v) is 5.04. The molecule has 0 aromatic carbocycles. The Balaban J connectivity index is 1.05. The van der Waals surface area contributed by atoms with Gasteiger partial charge in [-0.1, -0.05) is 11.6 Å². The first-order valence-electron chi connectivity index (χ1n) is 12.7. The standard InChI is InChI=1S/C27H25ClN8O3/c28-18-3-4-35-15-32-21(22(35)6-18)7-25(37)34-24-8-23(30-14-31-24)29-9-19-11-36-10-17(16-1-2-16)5-20(26(36)33-19)27(38)12-39-13-27/h3-6,8,10-11,14-16,38H,1-2,7,9,12-13H2,(H2,29,30,31,34,37). The highest BCUT2D eigenvalue weighted by Gasteiger charge is 2.41. The van der Waals surface area contributed by atoms with Gasteiger partial charge in [0.05, 0.1) is 49.4 Å². The molecule has 1 saturated heterocycles. The van der Waals surface area contributed by atoms with Crippen LogP contribution < -0.4 is 10.6 Å². The lowest BCUT2D eigenvalue weighted by molar-refractivity contribution is -0.184. The maximum absolute atomic E-state index is 12.7. The number of carbonyl (C=O) groups is 1. The summed E-state index contributed by atoms with van der Waals surface area (Å²) in [4.78, 5) is 30.3. The molecule has 7 rings (SSSR count). The molecule has 1 saturated carbocycles. The first-order valence-corrected chi connectivity index (χ1v) is 13.1. The van der Waals surface area contributed by atoms with Crippen molar-refractivity contribution in [3.8, 4) is 0 Å². The third kappa shape index (κ3) is 4.69. The van der Waals surface area contributed by atoms with Crippen molar-refractivity contribution in [2.45, 2.75) is 37.3 Å². The van der Waals surface area contributed by atoms with Crippen molar-refractivity contribution in [3.63, 3.8) is 0 Å². The van der Waals surface area contributed by atoms with Gasteiger partial charge in [0.1, 0.15) is 29.2 Å². The molecule has 0 atom stereocenters. The number of nitrogens with one attached hydrogen (secondary N) is 2. The molecule has 3 N–H and O–H groups in total. The zero-order valence-corrected chi connectivity index (χ0v) is 21.6. The first-order chi connectivity index (χ1) is 18.9. The molecule has 5 aromatic rings. The largest absolute Gasteiger partial charge is 0.380 e. The van der Waals surface area contributed by atoms with Crippen LogP contribution in [0.4, 0.5) is 11.6 Å². The average Bonchev–Trinajstić information content (AvgIpc) is 3.57. The van der Waals surface area contributed by atoms with Gasteiger partial charge in [-0.15, -0.1) is 0 Å². The summed E-state index contributed by atoms with van der Waals surface area (Å²) in [6.07, 6.45) is 11.3. The average molecular weight is 545 g/mol. The molecule has 1 aliphatic heterocycles. The molecular formula is C27H25ClN8O3. The second-order valence-electron chi connectivity index (χ2n) is 10.1. The third-order valence-corrected chi connectivity index (χ3v) is 7.38. The Morgan fingerprint density at radius 2 is 1.97 bits per heavy atom. The molecule has 0 bridgehead atoms. The van der Waals surface area contributed by atoms with E-state index in [0.717, 1.165) is 22.4 Å². The van der Waals surface area contributed by atoms with Crippen molar-refractivity contribution in [1.82, 2.24) is 28.7 Å². The number of aromatic nitrogens is 6. The predicted molar refractivity (Wildman–Crippen MR) is 144 cm³/mol. The molecule has 2 aliphatic rings. The maximum Gasteiger partial charge on any atom is 0.231 e. The number of nitrogens with zero attached hydrogens (tertiary/aromatic N) is 6. The van der Waals surface area contributed by atoms with Crippen LogP contribution in [0.25, 0.3) is 11.2 Å². The van der Waals surface area contributed by atoms with Crippen LogP contribution in [0.5, 0.6) is 0 Å². The highest BCUT2D eigenvalue weighted by Crippen LogP contribution is 2.42. The van der Waals surface area contributed by atoms with Crippen LogP contribution >= 0.6 is 11.6 Å². The van der Waals surface area contributed by atoms with Crippen molar-refractivity contribution < 1.29 is 14.6 Å². The van der Waals surface area contributed by atoms with E-state index in [1.807, 2.05) is 15.0 Å². The Morgan fingerprint density at radius 1 is 1.13 bits per heavy atom. The van der Waals surface area contributed by atoms with Crippen molar-refractivity contribution in [1.29, 1.82) is 0 Å². The molecule has 5 aromatic heterocycles. The number of imidazole rings is 2. The summed E-state index contributed by atoms with van der Waals surface area (Å²) in [6.45, 7) is 0.954. The van der Waals surface area contributed by atoms with Crippen LogP contribution in [-0.2, 0) is 28.1 Å². The Morgan fingerprint density at radius 3 is 2.77 bits per heavy atom. The highest BCUT2D eigenvalue weighted by molar-refractivity contribution is 6.30. The van der Waals surface area contributed by atoms with E-state index >= 15 is 0 Å². The van der Waals surface area contributed by atoms with Crippen molar-refractivity contribution >= 4 is 40.3 Å². The molecule has 39 heavy (non-hydrogen) atoms. The monoisotopic (exact) mass is 544 g/mol. The molecule has 2 fully saturated rings. The van der Waals surface area contributed by atoms with E-state index in [0.29, 0.717) is 34.8 Å². The minimum Gasteiger partial charge on any atom is -0.380 e. The second-order valence-corrected chi connectivity index (χ2v) is 10.6. The Bertz CT molecular complexity index is 1720. The van der Waals surface area contributed by atoms with Crippen LogP contribution in [0.2, 0.25) is 5.02 Å². The number of hydrogen-bond donors (Lipinski definition) is 3. The van der Waals surface area contributed by atoms with Gasteiger partial charge in [-0.25, -0.2) is 19.9 Å². The van der Waals surface area contributed by atoms with Gasteiger partial charge in [-0.3, -0.25) is 4.79 Å². The molecule has 198 valence electrons. The summed E-state index contributed by atoms with van der Waals surface area (Å²) in [7, 11) is 0. The number of aliphatic hydroxyl groups is 1. The van der Waals surface area contributed by atoms with E-state index < -0.39 is 5.60 Å². The van der Waals surface area contributed by atoms with E-state index in [9.17, 15) is 9.90 Å². The first kappa shape index (κ1) is 24.0. The van der Waals surface area contributed by atoms with Gasteiger partial charge in [0.2, 0.25) is 5.91 Å². The van der Waals surface area contributed by atoms with Crippen LogP contribution in [0, 0.1) is 0 Å². The minimum atomic E-state index is -1.00. The molecule has 11 nitrogen and oxygen atoms in total. The number of fused-ring (bicyclic) bond motifs is 2. The summed E-state index contributed by atoms with van der Waals surface area (Å²) in [5.74, 6) is 1.21. The van der Waals surface area contributed by atoms with Gasteiger partial charge in [0.25, 0.3) is 0 Å². The summed E-state index contributed by atoms with van der Waals surface area (Å²) in [5, 5.41) is 17.7. The molecular weight excluding hydrogens is 520 g/mol. The van der Waals surface area contributed by atoms with E-state index in [2.05, 4.69) is 37.8 Å². The fraction of sp³-hybridized carbons (Fsp3) is 0.296. The minimum absolute atomic E-state index is 0.0768. The summed E-state index contributed by atoms with van der Waals surface area (Å²) >= 11 is 6.10. The Labute approximate surface area is 227 Å². The molecule has 0 radical (unpaired) electrons. The van der Waals surface area contributed by atoms with Gasteiger partial charge >= 0.3 is 0 Å². The zero-order chi connectivity index (χ0) is 26.6. The van der Waals surface area contributed by atoms with E-state index in [4.69, 9.17) is 21.3 Å². The number of ether oxygens (including phenoxy) is 1. The lowest BCUT2D eigenvalue weighted by Gasteiger charge is -2.37. The maximum atomic E-state index is 12.7. The van der Waals surface area contributed by atoms with Crippen molar-refractivity contribution in [3.05, 3.63) is 83.0 Å². The second kappa shape index (κ2) is 9.30. The van der Waals surface area contributed by atoms with Gasteiger partial charge in [-0.2, -0.15) is 0 Å². The zero-order valence-electron chi connectivity index (χ0n) is 20.8. The van der Waals surface area contributed by atoms with E-state index in [-0.39, 0.29) is 25.5 Å². The van der Waals surface area contributed by atoms with Crippen molar-refractivity contribution in [2.75, 3.05) is 23.8 Å². The SMILES string of the molecule is O=C(Cc1ncn2ccc(Cl)cc12)Nc1cc(NCc2cn3cc(C4CC4)cc(C4(O)COC4)c3n2)ncn1. The smallest absolute Gasteiger partial charge is 0.231 e. The number of pyridine rings is 2. The van der Waals surface area contributed by atoms with Crippen LogP contribution in [-0.4, -0.2) is 53.0 Å². The Kier molecular flexibility index (Phi) is 5.72. The van der Waals surface area contributed by atoms with Gasteiger partial charge in [0, 0.05) is 35.2 Å². The van der Waals surface area contributed by atoms with Crippen LogP contribution in [0.3, 0.4) is 0 Å². The Hall–Kier alpha value is -4.06. The van der Waals surface area contributed by atoms with Gasteiger partial charge in [-0.05, 0) is 42.5 Å². The molecule has 0 spiro atoms. The normalized spacial score (nSPS) is 16.4. The van der Waals surface area contributed by atoms with E-state index in [1.165, 1.54) is 24.7 Å². The number of carbonyl (C=O) groups excluding carboxylic acids is 1. The molecule has 12 heteroatoms. The molecule has 1 aliphatic carbocycles. The molecule has 1 amide bonds. The highest BCUT2D eigenvalue weighted by atomic mass is 35.5. The number of rotatable bonds is 8. The summed E-state index contributed by atoms with van der Waals surface area (Å²) in [6, 6.07) is 7.29. The lowest BCUT2D eigenvalue weighted by atomic mass is 9.91. The van der Waals surface area contributed by atoms with Gasteiger partial charge < -0.3 is 29.3 Å². The third-order valence-electron chi connectivity index (χ3n) is 7.15. The lowest BCUT2D eigenvalue weighted by Crippen LogP contribution is -2.46.